The fraction of sp³-hybridized carbons (Fsp3) is 0.250. The Morgan fingerprint density at radius 1 is 1.04 bits per heavy atom. The van der Waals surface area contributed by atoms with E-state index >= 15 is 0 Å². The van der Waals surface area contributed by atoms with Crippen LogP contribution in [0.3, 0.4) is 0 Å². The average Bonchev–Trinajstić information content (AvgIpc) is 2.68. The molecule has 0 unspecified atom stereocenters. The summed E-state index contributed by atoms with van der Waals surface area (Å²) >= 11 is 0. The molecule has 0 bridgehead atoms. The van der Waals surface area contributed by atoms with Crippen molar-refractivity contribution in [3.05, 3.63) is 70.5 Å². The van der Waals surface area contributed by atoms with E-state index in [4.69, 9.17) is 0 Å². The number of nitrogens with zero attached hydrogens (tertiary/aromatic N) is 3. The van der Waals surface area contributed by atoms with Crippen molar-refractivity contribution in [2.75, 3.05) is 0 Å². The third kappa shape index (κ3) is 3.75. The van der Waals surface area contributed by atoms with Crippen LogP contribution in [0.5, 0.6) is 0 Å². The maximum atomic E-state index is 13.0. The summed E-state index contributed by atoms with van der Waals surface area (Å²) < 4.78 is 0.992. The van der Waals surface area contributed by atoms with Crippen LogP contribution < -0.4 is 10.9 Å². The highest BCUT2D eigenvalue weighted by atomic mass is 16.4. The lowest BCUT2D eigenvalue weighted by Crippen LogP contribution is -2.48. The first-order chi connectivity index (χ1) is 13.4. The molecule has 0 aliphatic rings. The van der Waals surface area contributed by atoms with Gasteiger partial charge in [-0.3, -0.25) is 9.59 Å². The Kier molecular flexibility index (Phi) is 5.49. The van der Waals surface area contributed by atoms with Gasteiger partial charge >= 0.3 is 5.97 Å². The molecule has 0 aliphatic heterocycles. The van der Waals surface area contributed by atoms with Crippen LogP contribution >= 0.6 is 0 Å². The SMILES string of the molecule is CC(C)[C@H](NC(=O)[C@H](c1ccccc1)n1nnc2ccccc2c1=O)C(=O)O. The van der Waals surface area contributed by atoms with Gasteiger partial charge in [0.15, 0.2) is 6.04 Å². The van der Waals surface area contributed by atoms with Crippen LogP contribution in [-0.2, 0) is 9.59 Å². The highest BCUT2D eigenvalue weighted by Gasteiger charge is 2.31. The van der Waals surface area contributed by atoms with E-state index in [1.165, 1.54) is 0 Å². The Hall–Kier alpha value is -3.55. The number of fused-ring (bicyclic) bond motifs is 1. The number of benzene rings is 2. The number of aliphatic carboxylic acids is 1. The van der Waals surface area contributed by atoms with Crippen LogP contribution in [-0.4, -0.2) is 38.0 Å². The summed E-state index contributed by atoms with van der Waals surface area (Å²) in [6.45, 7) is 3.39. The molecule has 3 rings (SSSR count). The van der Waals surface area contributed by atoms with Crippen molar-refractivity contribution >= 4 is 22.8 Å². The Bertz CT molecular complexity index is 1060. The van der Waals surface area contributed by atoms with E-state index in [1.54, 1.807) is 68.4 Å². The smallest absolute Gasteiger partial charge is 0.326 e. The number of carboxylic acid groups (broad SMARTS) is 1. The van der Waals surface area contributed by atoms with Crippen LogP contribution in [0.4, 0.5) is 0 Å². The number of rotatable bonds is 6. The molecule has 1 heterocycles. The Balaban J connectivity index is 2.11. The molecule has 1 aromatic heterocycles. The van der Waals surface area contributed by atoms with Gasteiger partial charge in [-0.05, 0) is 23.6 Å². The maximum absolute atomic E-state index is 13.0. The zero-order chi connectivity index (χ0) is 20.3. The molecule has 8 heteroatoms. The fourth-order valence-corrected chi connectivity index (χ4v) is 2.96. The summed E-state index contributed by atoms with van der Waals surface area (Å²) in [5, 5.41) is 20.2. The Morgan fingerprint density at radius 2 is 1.68 bits per heavy atom. The second-order valence-corrected chi connectivity index (χ2v) is 6.74. The first-order valence-corrected chi connectivity index (χ1v) is 8.82. The molecule has 2 aromatic carbocycles. The number of hydrogen-bond donors (Lipinski definition) is 2. The van der Waals surface area contributed by atoms with Crippen molar-refractivity contribution in [3.63, 3.8) is 0 Å². The lowest BCUT2D eigenvalue weighted by atomic mass is 10.0. The molecular formula is C20H20N4O4. The molecule has 0 fully saturated rings. The third-order valence-corrected chi connectivity index (χ3v) is 4.43. The van der Waals surface area contributed by atoms with Crippen molar-refractivity contribution in [1.82, 2.24) is 20.3 Å². The molecular weight excluding hydrogens is 360 g/mol. The average molecular weight is 380 g/mol. The van der Waals surface area contributed by atoms with Crippen LogP contribution in [0.25, 0.3) is 10.9 Å². The minimum Gasteiger partial charge on any atom is -0.480 e. The Labute approximate surface area is 160 Å². The van der Waals surface area contributed by atoms with E-state index in [-0.39, 0.29) is 5.92 Å². The predicted octanol–water partition coefficient (Wildman–Crippen LogP) is 1.61. The normalized spacial score (nSPS) is 13.2. The molecule has 0 saturated carbocycles. The van der Waals surface area contributed by atoms with E-state index in [2.05, 4.69) is 15.6 Å². The number of amides is 1. The van der Waals surface area contributed by atoms with Gasteiger partial charge in [0.05, 0.1) is 5.39 Å². The lowest BCUT2D eigenvalue weighted by Gasteiger charge is -2.23. The number of hydrogen-bond acceptors (Lipinski definition) is 5. The fourth-order valence-electron chi connectivity index (χ4n) is 2.96. The topological polar surface area (TPSA) is 114 Å². The third-order valence-electron chi connectivity index (χ3n) is 4.43. The summed E-state index contributed by atoms with van der Waals surface area (Å²) in [6, 6.07) is 13.1. The molecule has 8 nitrogen and oxygen atoms in total. The number of aromatic nitrogens is 3. The predicted molar refractivity (Wildman–Crippen MR) is 103 cm³/mol. The van der Waals surface area contributed by atoms with E-state index < -0.39 is 29.5 Å². The second kappa shape index (κ2) is 7.99. The van der Waals surface area contributed by atoms with Crippen molar-refractivity contribution in [2.45, 2.75) is 25.9 Å². The Morgan fingerprint density at radius 3 is 2.32 bits per heavy atom. The van der Waals surface area contributed by atoms with E-state index in [0.717, 1.165) is 4.68 Å². The molecule has 2 atom stereocenters. The summed E-state index contributed by atoms with van der Waals surface area (Å²) in [4.78, 5) is 37.5. The first-order valence-electron chi connectivity index (χ1n) is 8.82. The van der Waals surface area contributed by atoms with Crippen molar-refractivity contribution in [3.8, 4) is 0 Å². The molecule has 3 aromatic rings. The van der Waals surface area contributed by atoms with E-state index in [9.17, 15) is 19.5 Å². The number of nitrogens with one attached hydrogen (secondary N) is 1. The standard InChI is InChI=1S/C20H20N4O4/c1-12(2)16(20(27)28)21-18(25)17(13-8-4-3-5-9-13)24-19(26)14-10-6-7-11-15(14)22-23-24/h3-12,16-17H,1-2H3,(H,21,25)(H,27,28)/t16-,17-/m0/s1. The zero-order valence-corrected chi connectivity index (χ0v) is 15.4. The van der Waals surface area contributed by atoms with Crippen molar-refractivity contribution in [1.29, 1.82) is 0 Å². The summed E-state index contributed by atoms with van der Waals surface area (Å²) in [6.07, 6.45) is 0. The van der Waals surface area contributed by atoms with Gasteiger partial charge in [-0.25, -0.2) is 4.79 Å². The molecule has 0 spiro atoms. The highest BCUT2D eigenvalue weighted by Crippen LogP contribution is 2.18. The van der Waals surface area contributed by atoms with Crippen LogP contribution in [0, 0.1) is 5.92 Å². The van der Waals surface area contributed by atoms with Gasteiger partial charge in [-0.15, -0.1) is 5.10 Å². The molecule has 1 amide bonds. The van der Waals surface area contributed by atoms with E-state index in [0.29, 0.717) is 16.5 Å². The number of carboxylic acids is 1. The number of carbonyl (C=O) groups is 2. The number of carbonyl (C=O) groups excluding carboxylic acids is 1. The molecule has 28 heavy (non-hydrogen) atoms. The molecule has 0 radical (unpaired) electrons. The monoisotopic (exact) mass is 380 g/mol. The summed E-state index contributed by atoms with van der Waals surface area (Å²) in [7, 11) is 0. The van der Waals surface area contributed by atoms with Gasteiger partial charge < -0.3 is 10.4 Å². The summed E-state index contributed by atoms with van der Waals surface area (Å²) in [5.41, 5.74) is 0.437. The largest absolute Gasteiger partial charge is 0.480 e. The van der Waals surface area contributed by atoms with Crippen LogP contribution in [0.1, 0.15) is 25.5 Å². The highest BCUT2D eigenvalue weighted by molar-refractivity contribution is 5.88. The van der Waals surface area contributed by atoms with Crippen molar-refractivity contribution < 1.29 is 14.7 Å². The van der Waals surface area contributed by atoms with Gasteiger partial charge in [-0.1, -0.05) is 61.5 Å². The van der Waals surface area contributed by atoms with Gasteiger partial charge in [0.2, 0.25) is 5.91 Å². The minimum absolute atomic E-state index is 0.324. The van der Waals surface area contributed by atoms with Crippen LogP contribution in [0.2, 0.25) is 0 Å². The van der Waals surface area contributed by atoms with Gasteiger partial charge in [0, 0.05) is 0 Å². The van der Waals surface area contributed by atoms with Crippen LogP contribution in [0.15, 0.2) is 59.4 Å². The lowest BCUT2D eigenvalue weighted by molar-refractivity contribution is -0.143. The van der Waals surface area contributed by atoms with Gasteiger partial charge in [0.1, 0.15) is 11.6 Å². The van der Waals surface area contributed by atoms with Gasteiger partial charge in [0.25, 0.3) is 5.56 Å². The second-order valence-electron chi connectivity index (χ2n) is 6.74. The molecule has 144 valence electrons. The quantitative estimate of drug-likeness (QED) is 0.671. The van der Waals surface area contributed by atoms with Crippen molar-refractivity contribution in [2.24, 2.45) is 5.92 Å². The molecule has 0 saturated heterocycles. The zero-order valence-electron chi connectivity index (χ0n) is 15.4. The summed E-state index contributed by atoms with van der Waals surface area (Å²) in [5.74, 6) is -2.12. The minimum atomic E-state index is -1.15. The first kappa shape index (κ1) is 19.2. The molecule has 0 aliphatic carbocycles. The maximum Gasteiger partial charge on any atom is 0.326 e. The van der Waals surface area contributed by atoms with E-state index in [1.807, 2.05) is 0 Å². The molecule has 2 N–H and O–H groups in total. The van der Waals surface area contributed by atoms with Gasteiger partial charge in [-0.2, -0.15) is 4.68 Å².